The maximum atomic E-state index is 11.8. The highest BCUT2D eigenvalue weighted by Crippen LogP contribution is 2.11. The van der Waals surface area contributed by atoms with Gasteiger partial charge in [0.15, 0.2) is 0 Å². The first-order valence-corrected chi connectivity index (χ1v) is 5.28. The first-order valence-electron chi connectivity index (χ1n) is 5.28. The van der Waals surface area contributed by atoms with E-state index in [0.717, 1.165) is 0 Å². The number of furan rings is 1. The van der Waals surface area contributed by atoms with Crippen LogP contribution in [0.4, 0.5) is 5.69 Å². The number of nitrogens with one attached hydrogen (secondary N) is 3. The summed E-state index contributed by atoms with van der Waals surface area (Å²) in [5.41, 5.74) is 0.552. The molecule has 0 saturated heterocycles. The largest absolute Gasteiger partial charge is 0.467 e. The number of aromatic nitrogens is 2. The van der Waals surface area contributed by atoms with Gasteiger partial charge in [-0.25, -0.2) is 0 Å². The summed E-state index contributed by atoms with van der Waals surface area (Å²) in [5.74, 6) is 0.00748. The molecule has 0 saturated carbocycles. The zero-order valence-electron chi connectivity index (χ0n) is 9.69. The van der Waals surface area contributed by atoms with Crippen molar-refractivity contribution in [1.82, 2.24) is 15.5 Å². The molecule has 0 aliphatic carbocycles. The number of nitrogens with zero attached hydrogens (tertiary/aromatic N) is 1. The maximum Gasteiger partial charge on any atom is 0.271 e. The molecule has 0 aliphatic heterocycles. The number of hydrogen-bond acceptors (Lipinski definition) is 4. The van der Waals surface area contributed by atoms with E-state index in [1.807, 2.05) is 0 Å². The third-order valence-electron chi connectivity index (χ3n) is 2.18. The molecule has 0 spiro atoms. The Morgan fingerprint density at radius 3 is 3.00 bits per heavy atom. The van der Waals surface area contributed by atoms with Crippen LogP contribution in [0.2, 0.25) is 0 Å². The second kappa shape index (κ2) is 5.17. The highest BCUT2D eigenvalue weighted by molar-refractivity contribution is 6.01. The Morgan fingerprint density at radius 2 is 2.33 bits per heavy atom. The SMILES string of the molecule is CC(=O)Nc1cn[nH]c1C(=O)NCc1ccco1. The van der Waals surface area contributed by atoms with E-state index in [-0.39, 0.29) is 24.1 Å². The third-order valence-corrected chi connectivity index (χ3v) is 2.18. The van der Waals surface area contributed by atoms with Crippen molar-refractivity contribution in [1.29, 1.82) is 0 Å². The van der Waals surface area contributed by atoms with Crippen molar-refractivity contribution in [3.63, 3.8) is 0 Å². The summed E-state index contributed by atoms with van der Waals surface area (Å²) >= 11 is 0. The number of carbonyl (C=O) groups excluding carboxylic acids is 2. The van der Waals surface area contributed by atoms with Gasteiger partial charge in [0.1, 0.15) is 11.5 Å². The van der Waals surface area contributed by atoms with E-state index in [1.165, 1.54) is 19.4 Å². The molecule has 3 N–H and O–H groups in total. The molecule has 2 amide bonds. The van der Waals surface area contributed by atoms with Gasteiger partial charge in [-0.2, -0.15) is 5.10 Å². The summed E-state index contributed by atoms with van der Waals surface area (Å²) in [7, 11) is 0. The summed E-state index contributed by atoms with van der Waals surface area (Å²) in [6.45, 7) is 1.63. The van der Waals surface area contributed by atoms with Crippen LogP contribution < -0.4 is 10.6 Å². The van der Waals surface area contributed by atoms with Crippen molar-refractivity contribution >= 4 is 17.5 Å². The van der Waals surface area contributed by atoms with Crippen molar-refractivity contribution < 1.29 is 14.0 Å². The van der Waals surface area contributed by atoms with Crippen LogP contribution in [0.3, 0.4) is 0 Å². The van der Waals surface area contributed by atoms with Crippen molar-refractivity contribution in [3.05, 3.63) is 36.0 Å². The van der Waals surface area contributed by atoms with Gasteiger partial charge in [0.05, 0.1) is 24.7 Å². The Morgan fingerprint density at radius 1 is 1.50 bits per heavy atom. The normalized spacial score (nSPS) is 10.1. The molecular formula is C11H12N4O3. The van der Waals surface area contributed by atoms with Crippen molar-refractivity contribution in [2.75, 3.05) is 5.32 Å². The number of amides is 2. The topological polar surface area (TPSA) is 100 Å². The highest BCUT2D eigenvalue weighted by Gasteiger charge is 2.14. The number of H-pyrrole nitrogens is 1. The van der Waals surface area contributed by atoms with E-state index in [2.05, 4.69) is 20.8 Å². The van der Waals surface area contributed by atoms with Gasteiger partial charge in [-0.3, -0.25) is 14.7 Å². The minimum Gasteiger partial charge on any atom is -0.467 e. The van der Waals surface area contributed by atoms with Gasteiger partial charge in [-0.15, -0.1) is 0 Å². The molecule has 2 aromatic heterocycles. The van der Waals surface area contributed by atoms with Crippen molar-refractivity contribution in [3.8, 4) is 0 Å². The lowest BCUT2D eigenvalue weighted by molar-refractivity contribution is -0.114. The molecule has 18 heavy (non-hydrogen) atoms. The molecule has 94 valence electrons. The second-order valence-corrected chi connectivity index (χ2v) is 3.60. The Bertz CT molecular complexity index is 544. The molecule has 0 radical (unpaired) electrons. The molecule has 7 nitrogen and oxygen atoms in total. The van der Waals surface area contributed by atoms with Gasteiger partial charge in [0, 0.05) is 6.92 Å². The summed E-state index contributed by atoms with van der Waals surface area (Å²) in [6, 6.07) is 3.49. The van der Waals surface area contributed by atoms with E-state index in [0.29, 0.717) is 11.4 Å². The van der Waals surface area contributed by atoms with E-state index < -0.39 is 0 Å². The average Bonchev–Trinajstić information content (AvgIpc) is 2.95. The predicted molar refractivity (Wildman–Crippen MR) is 62.8 cm³/mol. The van der Waals surface area contributed by atoms with Crippen LogP contribution in [0.25, 0.3) is 0 Å². The Hall–Kier alpha value is -2.57. The fourth-order valence-corrected chi connectivity index (χ4v) is 1.41. The van der Waals surface area contributed by atoms with E-state index >= 15 is 0 Å². The van der Waals surface area contributed by atoms with Crippen LogP contribution in [0.5, 0.6) is 0 Å². The van der Waals surface area contributed by atoms with Gasteiger partial charge in [-0.05, 0) is 12.1 Å². The molecule has 0 unspecified atom stereocenters. The number of rotatable bonds is 4. The molecule has 0 fully saturated rings. The first-order chi connectivity index (χ1) is 8.66. The Kier molecular flexibility index (Phi) is 3.42. The van der Waals surface area contributed by atoms with Crippen LogP contribution in [0, 0.1) is 0 Å². The lowest BCUT2D eigenvalue weighted by Crippen LogP contribution is -2.24. The average molecular weight is 248 g/mol. The molecule has 2 rings (SSSR count). The zero-order valence-corrected chi connectivity index (χ0v) is 9.69. The minimum absolute atomic E-state index is 0.205. The van der Waals surface area contributed by atoms with Crippen LogP contribution in [0.1, 0.15) is 23.2 Å². The minimum atomic E-state index is -0.368. The molecule has 0 aliphatic rings. The van der Waals surface area contributed by atoms with Gasteiger partial charge >= 0.3 is 0 Å². The van der Waals surface area contributed by atoms with E-state index in [1.54, 1.807) is 12.1 Å². The smallest absolute Gasteiger partial charge is 0.271 e. The number of anilines is 1. The molecule has 0 bridgehead atoms. The van der Waals surface area contributed by atoms with Gasteiger partial charge in [0.2, 0.25) is 5.91 Å². The molecule has 7 heteroatoms. The van der Waals surface area contributed by atoms with Crippen LogP contribution in [-0.4, -0.2) is 22.0 Å². The van der Waals surface area contributed by atoms with Crippen molar-refractivity contribution in [2.24, 2.45) is 0 Å². The van der Waals surface area contributed by atoms with Crippen LogP contribution in [0.15, 0.2) is 29.0 Å². The van der Waals surface area contributed by atoms with Crippen LogP contribution >= 0.6 is 0 Å². The Balaban J connectivity index is 2.00. The standard InChI is InChI=1S/C11H12N4O3/c1-7(16)14-9-6-13-15-10(9)11(17)12-5-8-3-2-4-18-8/h2-4,6H,5H2,1H3,(H,12,17)(H,13,15)(H,14,16). The van der Waals surface area contributed by atoms with Gasteiger partial charge in [0.25, 0.3) is 5.91 Å². The third kappa shape index (κ3) is 2.76. The number of hydrogen-bond donors (Lipinski definition) is 3. The molecular weight excluding hydrogens is 236 g/mol. The molecule has 2 aromatic rings. The predicted octanol–water partition coefficient (Wildman–Crippen LogP) is 0.891. The quantitative estimate of drug-likeness (QED) is 0.748. The fourth-order valence-electron chi connectivity index (χ4n) is 1.41. The van der Waals surface area contributed by atoms with E-state index in [9.17, 15) is 9.59 Å². The number of aromatic amines is 1. The van der Waals surface area contributed by atoms with Gasteiger partial charge < -0.3 is 15.1 Å². The molecule has 2 heterocycles. The monoisotopic (exact) mass is 248 g/mol. The van der Waals surface area contributed by atoms with Gasteiger partial charge in [-0.1, -0.05) is 0 Å². The lowest BCUT2D eigenvalue weighted by Gasteiger charge is -2.04. The highest BCUT2D eigenvalue weighted by atomic mass is 16.3. The fraction of sp³-hybridized carbons (Fsp3) is 0.182. The summed E-state index contributed by atoms with van der Waals surface area (Å²) < 4.78 is 5.09. The second-order valence-electron chi connectivity index (χ2n) is 3.60. The molecule has 0 aromatic carbocycles. The van der Waals surface area contributed by atoms with Crippen molar-refractivity contribution in [2.45, 2.75) is 13.5 Å². The summed E-state index contributed by atoms with van der Waals surface area (Å²) in [5, 5.41) is 11.4. The lowest BCUT2D eigenvalue weighted by atomic mass is 10.3. The maximum absolute atomic E-state index is 11.8. The first kappa shape index (κ1) is 11.9. The number of carbonyl (C=O) groups is 2. The summed E-state index contributed by atoms with van der Waals surface area (Å²) in [6.07, 6.45) is 2.91. The summed E-state index contributed by atoms with van der Waals surface area (Å²) in [4.78, 5) is 22.8. The zero-order chi connectivity index (χ0) is 13.0. The Labute approximate surface area is 103 Å². The van der Waals surface area contributed by atoms with Crippen LogP contribution in [-0.2, 0) is 11.3 Å². The van der Waals surface area contributed by atoms with E-state index in [4.69, 9.17) is 4.42 Å². The molecule has 0 atom stereocenters.